The topological polar surface area (TPSA) is 54.0 Å². The average molecular weight is 333 g/mol. The number of hydrogen-bond donors (Lipinski definition) is 1. The van der Waals surface area contributed by atoms with Gasteiger partial charge in [0.05, 0.1) is 11.4 Å². The third-order valence-corrected chi connectivity index (χ3v) is 3.39. The van der Waals surface area contributed by atoms with Crippen LogP contribution in [0, 0.1) is 0 Å². The molecule has 0 saturated heterocycles. The second-order valence-electron chi connectivity index (χ2n) is 4.40. The van der Waals surface area contributed by atoms with Gasteiger partial charge in [-0.05, 0) is 48.5 Å². The van der Waals surface area contributed by atoms with Gasteiger partial charge in [-0.25, -0.2) is 0 Å². The first-order valence-electron chi connectivity index (χ1n) is 6.37. The van der Waals surface area contributed by atoms with Gasteiger partial charge in [0.2, 0.25) is 0 Å². The van der Waals surface area contributed by atoms with Crippen molar-refractivity contribution < 1.29 is 0 Å². The standard InChI is InChI=1S/C15H17BrN4/c1-20(11-10-17)15-8-6-14(7-9-15)19-18-13-4-2-12(16)3-5-13/h2-9H,10-11,17H2,1H3. The van der Waals surface area contributed by atoms with E-state index in [0.717, 1.165) is 28.1 Å². The molecule has 0 atom stereocenters. The summed E-state index contributed by atoms with van der Waals surface area (Å²) in [5.41, 5.74) is 8.33. The summed E-state index contributed by atoms with van der Waals surface area (Å²) in [5, 5.41) is 8.42. The molecule has 2 aromatic rings. The van der Waals surface area contributed by atoms with E-state index in [9.17, 15) is 0 Å². The molecule has 0 heterocycles. The molecule has 5 heteroatoms. The van der Waals surface area contributed by atoms with Crippen LogP contribution in [-0.2, 0) is 0 Å². The highest BCUT2D eigenvalue weighted by molar-refractivity contribution is 9.10. The maximum atomic E-state index is 5.54. The Kier molecular flexibility index (Phi) is 5.26. The first kappa shape index (κ1) is 14.7. The van der Waals surface area contributed by atoms with Crippen LogP contribution in [0.1, 0.15) is 0 Å². The van der Waals surface area contributed by atoms with Crippen LogP contribution in [0.3, 0.4) is 0 Å². The Hall–Kier alpha value is -1.72. The fourth-order valence-electron chi connectivity index (χ4n) is 1.72. The van der Waals surface area contributed by atoms with Crippen LogP contribution in [0.2, 0.25) is 0 Å². The number of azo groups is 1. The van der Waals surface area contributed by atoms with Gasteiger partial charge in [0.1, 0.15) is 0 Å². The Labute approximate surface area is 127 Å². The molecule has 0 aliphatic rings. The SMILES string of the molecule is CN(CCN)c1ccc(N=Nc2ccc(Br)cc2)cc1. The number of rotatable bonds is 5. The smallest absolute Gasteiger partial charge is 0.0858 e. The lowest BCUT2D eigenvalue weighted by atomic mass is 10.2. The minimum absolute atomic E-state index is 0.640. The van der Waals surface area contributed by atoms with Crippen molar-refractivity contribution in [3.05, 3.63) is 53.0 Å². The molecule has 0 radical (unpaired) electrons. The summed E-state index contributed by atoms with van der Waals surface area (Å²) in [7, 11) is 2.02. The van der Waals surface area contributed by atoms with Gasteiger partial charge in [-0.2, -0.15) is 10.2 Å². The predicted molar refractivity (Wildman–Crippen MR) is 87.1 cm³/mol. The zero-order chi connectivity index (χ0) is 14.4. The number of likely N-dealkylation sites (N-methyl/N-ethyl adjacent to an activating group) is 1. The highest BCUT2D eigenvalue weighted by Crippen LogP contribution is 2.22. The number of anilines is 1. The molecule has 2 rings (SSSR count). The first-order valence-corrected chi connectivity index (χ1v) is 7.17. The quantitative estimate of drug-likeness (QED) is 0.831. The first-order chi connectivity index (χ1) is 9.69. The summed E-state index contributed by atoms with van der Waals surface area (Å²) < 4.78 is 1.03. The summed E-state index contributed by atoms with van der Waals surface area (Å²) in [6.07, 6.45) is 0. The molecule has 2 N–H and O–H groups in total. The van der Waals surface area contributed by atoms with Gasteiger partial charge >= 0.3 is 0 Å². The van der Waals surface area contributed by atoms with E-state index in [4.69, 9.17) is 5.73 Å². The molecule has 104 valence electrons. The van der Waals surface area contributed by atoms with Crippen molar-refractivity contribution in [2.45, 2.75) is 0 Å². The van der Waals surface area contributed by atoms with Crippen LogP contribution in [-0.4, -0.2) is 20.1 Å². The molecule has 0 aliphatic carbocycles. The molecule has 2 aromatic carbocycles. The minimum atomic E-state index is 0.640. The molecule has 0 spiro atoms. The van der Waals surface area contributed by atoms with Crippen molar-refractivity contribution >= 4 is 33.0 Å². The zero-order valence-corrected chi connectivity index (χ0v) is 12.9. The van der Waals surface area contributed by atoms with Crippen LogP contribution >= 0.6 is 15.9 Å². The van der Waals surface area contributed by atoms with E-state index in [1.54, 1.807) is 0 Å². The maximum absolute atomic E-state index is 5.54. The Morgan fingerprint density at radius 3 is 1.95 bits per heavy atom. The summed E-state index contributed by atoms with van der Waals surface area (Å²) in [5.74, 6) is 0. The van der Waals surface area contributed by atoms with E-state index in [0.29, 0.717) is 6.54 Å². The van der Waals surface area contributed by atoms with Gasteiger partial charge in [-0.1, -0.05) is 15.9 Å². The number of benzene rings is 2. The van der Waals surface area contributed by atoms with Gasteiger partial charge in [-0.15, -0.1) is 0 Å². The molecule has 0 unspecified atom stereocenters. The second-order valence-corrected chi connectivity index (χ2v) is 5.32. The van der Waals surface area contributed by atoms with Crippen molar-refractivity contribution in [2.24, 2.45) is 16.0 Å². The van der Waals surface area contributed by atoms with E-state index in [2.05, 4.69) is 31.1 Å². The molecule has 4 nitrogen and oxygen atoms in total. The zero-order valence-electron chi connectivity index (χ0n) is 11.3. The third-order valence-electron chi connectivity index (χ3n) is 2.86. The van der Waals surface area contributed by atoms with Crippen LogP contribution in [0.4, 0.5) is 17.1 Å². The predicted octanol–water partition coefficient (Wildman–Crippen LogP) is 4.26. The van der Waals surface area contributed by atoms with Crippen molar-refractivity contribution in [1.29, 1.82) is 0 Å². The Morgan fingerprint density at radius 1 is 0.950 bits per heavy atom. The summed E-state index contributed by atoms with van der Waals surface area (Å²) in [4.78, 5) is 2.11. The van der Waals surface area contributed by atoms with Crippen LogP contribution < -0.4 is 10.6 Å². The van der Waals surface area contributed by atoms with Crippen molar-refractivity contribution in [3.8, 4) is 0 Å². The van der Waals surface area contributed by atoms with Crippen LogP contribution in [0.15, 0.2) is 63.2 Å². The summed E-state index contributed by atoms with van der Waals surface area (Å²) in [6, 6.07) is 15.7. The molecule has 0 aliphatic heterocycles. The monoisotopic (exact) mass is 332 g/mol. The average Bonchev–Trinajstić information content (AvgIpc) is 2.47. The molecule has 0 bridgehead atoms. The Balaban J connectivity index is 2.05. The second kappa shape index (κ2) is 7.17. The number of nitrogens with two attached hydrogens (primary N) is 1. The third kappa shape index (κ3) is 4.15. The lowest BCUT2D eigenvalue weighted by molar-refractivity contribution is 0.886. The van der Waals surface area contributed by atoms with E-state index in [1.165, 1.54) is 0 Å². The molecule has 0 amide bonds. The maximum Gasteiger partial charge on any atom is 0.0858 e. The lowest BCUT2D eigenvalue weighted by Crippen LogP contribution is -2.24. The molecule has 0 aromatic heterocycles. The van der Waals surface area contributed by atoms with Gasteiger partial charge in [0.25, 0.3) is 0 Å². The van der Waals surface area contributed by atoms with E-state index in [1.807, 2.05) is 55.6 Å². The highest BCUT2D eigenvalue weighted by Gasteiger charge is 1.99. The van der Waals surface area contributed by atoms with Crippen molar-refractivity contribution in [1.82, 2.24) is 0 Å². The van der Waals surface area contributed by atoms with Crippen LogP contribution in [0.5, 0.6) is 0 Å². The van der Waals surface area contributed by atoms with E-state index >= 15 is 0 Å². The molecular weight excluding hydrogens is 316 g/mol. The highest BCUT2D eigenvalue weighted by atomic mass is 79.9. The molecular formula is C15H17BrN4. The van der Waals surface area contributed by atoms with Crippen molar-refractivity contribution in [2.75, 3.05) is 25.0 Å². The number of nitrogens with zero attached hydrogens (tertiary/aromatic N) is 3. The lowest BCUT2D eigenvalue weighted by Gasteiger charge is -2.17. The summed E-state index contributed by atoms with van der Waals surface area (Å²) in [6.45, 7) is 1.47. The molecule has 0 saturated carbocycles. The fraction of sp³-hybridized carbons (Fsp3) is 0.200. The van der Waals surface area contributed by atoms with Gasteiger partial charge in [0, 0.05) is 30.3 Å². The summed E-state index contributed by atoms with van der Waals surface area (Å²) >= 11 is 3.39. The Morgan fingerprint density at radius 2 is 1.45 bits per heavy atom. The van der Waals surface area contributed by atoms with Gasteiger partial charge in [-0.3, -0.25) is 0 Å². The minimum Gasteiger partial charge on any atom is -0.373 e. The van der Waals surface area contributed by atoms with E-state index < -0.39 is 0 Å². The number of halogens is 1. The van der Waals surface area contributed by atoms with Gasteiger partial charge in [0.15, 0.2) is 0 Å². The Bertz CT molecular complexity index is 563. The number of hydrogen-bond acceptors (Lipinski definition) is 4. The molecule has 0 fully saturated rings. The van der Waals surface area contributed by atoms with Gasteiger partial charge < -0.3 is 10.6 Å². The normalized spacial score (nSPS) is 10.9. The van der Waals surface area contributed by atoms with E-state index in [-0.39, 0.29) is 0 Å². The van der Waals surface area contributed by atoms with Crippen molar-refractivity contribution in [3.63, 3.8) is 0 Å². The fourth-order valence-corrected chi connectivity index (χ4v) is 1.98. The molecule has 20 heavy (non-hydrogen) atoms. The largest absolute Gasteiger partial charge is 0.373 e. The van der Waals surface area contributed by atoms with Crippen LogP contribution in [0.25, 0.3) is 0 Å².